The molecular weight excluding hydrogens is 513 g/mol. The summed E-state index contributed by atoms with van der Waals surface area (Å²) in [6.07, 6.45) is 6.19. The summed E-state index contributed by atoms with van der Waals surface area (Å²) in [7, 11) is 3.45. The van der Waals surface area contributed by atoms with E-state index in [1.54, 1.807) is 26.4 Å². The Morgan fingerprint density at radius 1 is 1.20 bits per heavy atom. The molecule has 1 aliphatic carbocycles. The molecule has 2 aromatic heterocycles. The Kier molecular flexibility index (Phi) is 7.86. The number of hydrogen-bond acceptors (Lipinski definition) is 8. The van der Waals surface area contributed by atoms with E-state index in [1.165, 1.54) is 16.4 Å². The van der Waals surface area contributed by atoms with Crippen molar-refractivity contribution in [3.05, 3.63) is 48.0 Å². The molecule has 1 aliphatic heterocycles. The van der Waals surface area contributed by atoms with E-state index >= 15 is 0 Å². The zero-order valence-corrected chi connectivity index (χ0v) is 23.6. The topological polar surface area (TPSA) is 106 Å². The number of halogens is 1. The van der Waals surface area contributed by atoms with Crippen LogP contribution in [-0.2, 0) is 16.6 Å². The van der Waals surface area contributed by atoms with Gasteiger partial charge in [0.25, 0.3) is 0 Å². The van der Waals surface area contributed by atoms with Gasteiger partial charge in [-0.05, 0) is 57.4 Å². The molecule has 40 heavy (non-hydrogen) atoms. The Hall–Kier alpha value is -3.83. The van der Waals surface area contributed by atoms with E-state index in [1.807, 2.05) is 6.20 Å². The highest BCUT2D eigenvalue weighted by Gasteiger charge is 2.44. The van der Waals surface area contributed by atoms with Crippen molar-refractivity contribution in [1.82, 2.24) is 25.1 Å². The van der Waals surface area contributed by atoms with Gasteiger partial charge in [0, 0.05) is 73.9 Å². The van der Waals surface area contributed by atoms with Gasteiger partial charge in [-0.25, -0.2) is 9.37 Å². The number of ether oxygens (including phenoxy) is 2. The van der Waals surface area contributed by atoms with Crippen LogP contribution in [0, 0.1) is 12.7 Å². The predicted octanol–water partition coefficient (Wildman–Crippen LogP) is 3.96. The van der Waals surface area contributed by atoms with E-state index in [-0.39, 0.29) is 5.60 Å². The first kappa shape index (κ1) is 27.7. The number of benzene rings is 2. The summed E-state index contributed by atoms with van der Waals surface area (Å²) in [5.74, 6) is -0.438. The summed E-state index contributed by atoms with van der Waals surface area (Å²) >= 11 is 0. The standard InChI is InChI=1S/C20H28N4O2.C9H8FN3O/c1-13-5-6-17(24-10-14(2)22-15(3)11-24)16-9-21-19(23-18(13)16)26-12-20(25-4)7-8-20;1-13-4-6-2-7(11-5-14)3-8(10)9(6)12-13/h5-6,9,14-15,22H,7-8,10-12H2,1-4H3;2-5H,1H3,(H,11,14)/t14-,15?;/m1./s1. The predicted molar refractivity (Wildman–Crippen MR) is 153 cm³/mol. The second-order valence-electron chi connectivity index (χ2n) is 10.8. The van der Waals surface area contributed by atoms with Crippen molar-refractivity contribution in [2.75, 3.05) is 37.0 Å². The van der Waals surface area contributed by atoms with Gasteiger partial charge in [0.15, 0.2) is 5.82 Å². The maximum absolute atomic E-state index is 13.4. The summed E-state index contributed by atoms with van der Waals surface area (Å²) < 4.78 is 26.2. The number of aryl methyl sites for hydroxylation is 2. The molecule has 3 heterocycles. The van der Waals surface area contributed by atoms with Crippen molar-refractivity contribution in [2.24, 2.45) is 7.05 Å². The van der Waals surface area contributed by atoms with Crippen LogP contribution in [0.2, 0.25) is 0 Å². The molecule has 1 unspecified atom stereocenters. The van der Waals surface area contributed by atoms with E-state index in [4.69, 9.17) is 14.5 Å². The van der Waals surface area contributed by atoms with E-state index in [0.29, 0.717) is 47.7 Å². The first-order chi connectivity index (χ1) is 19.2. The maximum Gasteiger partial charge on any atom is 0.317 e. The van der Waals surface area contributed by atoms with E-state index in [9.17, 15) is 9.18 Å². The van der Waals surface area contributed by atoms with Crippen LogP contribution in [0.4, 0.5) is 15.8 Å². The van der Waals surface area contributed by atoms with Crippen LogP contribution in [0.1, 0.15) is 32.3 Å². The van der Waals surface area contributed by atoms with Gasteiger partial charge in [-0.2, -0.15) is 10.1 Å². The monoisotopic (exact) mass is 549 g/mol. The minimum atomic E-state index is -0.438. The fraction of sp³-hybridized carbons (Fsp3) is 0.448. The van der Waals surface area contributed by atoms with Gasteiger partial charge in [-0.3, -0.25) is 9.48 Å². The lowest BCUT2D eigenvalue weighted by Gasteiger charge is -2.38. The summed E-state index contributed by atoms with van der Waals surface area (Å²) in [4.78, 5) is 21.8. The van der Waals surface area contributed by atoms with Gasteiger partial charge < -0.3 is 25.0 Å². The summed E-state index contributed by atoms with van der Waals surface area (Å²) in [5.41, 5.74) is 3.92. The highest BCUT2D eigenvalue weighted by molar-refractivity contribution is 5.93. The number of nitrogens with one attached hydrogen (secondary N) is 2. The van der Waals surface area contributed by atoms with Crippen molar-refractivity contribution in [3.63, 3.8) is 0 Å². The molecule has 10 nitrogen and oxygen atoms in total. The van der Waals surface area contributed by atoms with Crippen LogP contribution >= 0.6 is 0 Å². The number of rotatable bonds is 7. The third kappa shape index (κ3) is 6.00. The molecule has 0 spiro atoms. The Morgan fingerprint density at radius 3 is 2.62 bits per heavy atom. The third-order valence-electron chi connectivity index (χ3n) is 7.41. The molecule has 2 fully saturated rings. The van der Waals surface area contributed by atoms with Gasteiger partial charge in [-0.15, -0.1) is 0 Å². The Bertz CT molecular complexity index is 1510. The first-order valence-corrected chi connectivity index (χ1v) is 13.5. The zero-order valence-electron chi connectivity index (χ0n) is 23.6. The number of hydrogen-bond donors (Lipinski definition) is 2. The van der Waals surface area contributed by atoms with Crippen molar-refractivity contribution >= 4 is 39.6 Å². The Morgan fingerprint density at radius 2 is 1.95 bits per heavy atom. The molecule has 1 amide bonds. The molecule has 0 radical (unpaired) electrons. The molecule has 11 heteroatoms. The number of piperazine rings is 1. The van der Waals surface area contributed by atoms with E-state index in [0.717, 1.165) is 42.4 Å². The summed E-state index contributed by atoms with van der Waals surface area (Å²) in [6, 6.07) is 8.59. The Labute approximate surface area is 232 Å². The molecule has 6 rings (SSSR count). The number of fused-ring (bicyclic) bond motifs is 2. The maximum atomic E-state index is 13.4. The third-order valence-corrected chi connectivity index (χ3v) is 7.41. The van der Waals surface area contributed by atoms with Crippen LogP contribution in [0.25, 0.3) is 21.8 Å². The fourth-order valence-electron chi connectivity index (χ4n) is 5.20. The number of aromatic nitrogens is 4. The lowest BCUT2D eigenvalue weighted by molar-refractivity contribution is -0.105. The fourth-order valence-corrected chi connectivity index (χ4v) is 5.20. The largest absolute Gasteiger partial charge is 0.460 e. The minimum absolute atomic E-state index is 0.123. The molecular formula is C29H36FN7O3. The second kappa shape index (κ2) is 11.3. The lowest BCUT2D eigenvalue weighted by atomic mass is 10.1. The number of nitrogens with zero attached hydrogens (tertiary/aromatic N) is 5. The normalized spacial score (nSPS) is 19.7. The van der Waals surface area contributed by atoms with Gasteiger partial charge in [0.1, 0.15) is 17.7 Å². The highest BCUT2D eigenvalue weighted by atomic mass is 19.1. The van der Waals surface area contributed by atoms with Crippen molar-refractivity contribution in [2.45, 2.75) is 51.3 Å². The van der Waals surface area contributed by atoms with Gasteiger partial charge in [-0.1, -0.05) is 6.07 Å². The molecule has 1 saturated carbocycles. The van der Waals surface area contributed by atoms with Crippen LogP contribution < -0.4 is 20.3 Å². The van der Waals surface area contributed by atoms with Crippen molar-refractivity contribution < 1.29 is 18.7 Å². The number of carbonyl (C=O) groups excluding carboxylic acids is 1. The molecule has 4 aromatic rings. The number of amides is 1. The second-order valence-corrected chi connectivity index (χ2v) is 10.8. The minimum Gasteiger partial charge on any atom is -0.460 e. The van der Waals surface area contributed by atoms with E-state index < -0.39 is 5.82 Å². The molecule has 2 aromatic carbocycles. The molecule has 2 atom stereocenters. The molecule has 2 aliphatic rings. The zero-order chi connectivity index (χ0) is 28.4. The number of carbonyl (C=O) groups is 1. The van der Waals surface area contributed by atoms with Crippen molar-refractivity contribution in [1.29, 1.82) is 0 Å². The van der Waals surface area contributed by atoms with E-state index in [2.05, 4.69) is 58.5 Å². The first-order valence-electron chi connectivity index (χ1n) is 13.5. The summed E-state index contributed by atoms with van der Waals surface area (Å²) in [5, 5.41) is 11.7. The summed E-state index contributed by atoms with van der Waals surface area (Å²) in [6.45, 7) is 9.02. The number of methoxy groups -OCH3 is 1. The van der Waals surface area contributed by atoms with Crippen LogP contribution in [0.3, 0.4) is 0 Å². The average molecular weight is 550 g/mol. The highest BCUT2D eigenvalue weighted by Crippen LogP contribution is 2.39. The van der Waals surface area contributed by atoms with Crippen LogP contribution in [0.15, 0.2) is 36.7 Å². The lowest BCUT2D eigenvalue weighted by Crippen LogP contribution is -2.54. The van der Waals surface area contributed by atoms with Crippen molar-refractivity contribution in [3.8, 4) is 6.01 Å². The molecule has 1 saturated heterocycles. The van der Waals surface area contributed by atoms with Gasteiger partial charge in [0.05, 0.1) is 5.52 Å². The van der Waals surface area contributed by atoms with Gasteiger partial charge in [0.2, 0.25) is 6.41 Å². The number of anilines is 2. The Balaban J connectivity index is 0.000000194. The quantitative estimate of drug-likeness (QED) is 0.334. The van der Waals surface area contributed by atoms with Crippen LogP contribution in [-0.4, -0.2) is 70.6 Å². The van der Waals surface area contributed by atoms with Gasteiger partial charge >= 0.3 is 6.01 Å². The SMILES string of the molecule is COC1(COc2ncc3c(N4CC(C)N[C@H](C)C4)ccc(C)c3n2)CC1.Cn1cc2cc(NC=O)cc(F)c2n1. The smallest absolute Gasteiger partial charge is 0.317 e. The molecule has 0 bridgehead atoms. The van der Waals surface area contributed by atoms with Crippen LogP contribution in [0.5, 0.6) is 6.01 Å². The molecule has 2 N–H and O–H groups in total. The average Bonchev–Trinajstić information content (AvgIpc) is 3.60. The molecule has 212 valence electrons.